The molecule has 0 N–H and O–H groups in total. The summed E-state index contributed by atoms with van der Waals surface area (Å²) in [5.74, 6) is 0.484. The minimum atomic E-state index is -0.486. The van der Waals surface area contributed by atoms with Crippen molar-refractivity contribution >= 4 is 27.8 Å². The lowest BCUT2D eigenvalue weighted by atomic mass is 10.1. The second-order valence-corrected chi connectivity index (χ2v) is 6.59. The van der Waals surface area contributed by atoms with Gasteiger partial charge in [0, 0.05) is 14.1 Å². The summed E-state index contributed by atoms with van der Waals surface area (Å²) in [5, 5.41) is 4.42. The molecule has 0 saturated carbocycles. The highest BCUT2D eigenvalue weighted by Gasteiger charge is 2.26. The van der Waals surface area contributed by atoms with Crippen LogP contribution in [0.4, 0.5) is 5.95 Å². The van der Waals surface area contributed by atoms with Gasteiger partial charge in [-0.25, -0.2) is 14.5 Å². The molecule has 2 aromatic heterocycles. The van der Waals surface area contributed by atoms with Crippen LogP contribution in [0.5, 0.6) is 5.88 Å². The van der Waals surface area contributed by atoms with Gasteiger partial charge in [-0.15, -0.1) is 0 Å². The third kappa shape index (κ3) is 3.76. The molecule has 2 heterocycles. The number of carbonyl (C=O) groups is 1. The second-order valence-electron chi connectivity index (χ2n) is 5.79. The summed E-state index contributed by atoms with van der Waals surface area (Å²) in [5.41, 5.74) is 1.57. The Labute approximate surface area is 155 Å². The smallest absolute Gasteiger partial charge is 0.360 e. The largest absolute Gasteiger partial charge is 0.479 e. The zero-order valence-electron chi connectivity index (χ0n) is 15.2. The average molecular weight is 412 g/mol. The van der Waals surface area contributed by atoms with Crippen molar-refractivity contribution in [3.05, 3.63) is 22.1 Å². The van der Waals surface area contributed by atoms with Crippen molar-refractivity contribution in [2.24, 2.45) is 0 Å². The lowest BCUT2D eigenvalue weighted by Crippen LogP contribution is -2.15. The average Bonchev–Trinajstić information content (AvgIpc) is 2.91. The summed E-state index contributed by atoms with van der Waals surface area (Å²) >= 11 is 3.48. The summed E-state index contributed by atoms with van der Waals surface area (Å²) in [6.45, 7) is 6.05. The summed E-state index contributed by atoms with van der Waals surface area (Å²) in [6, 6.07) is 0. The zero-order valence-corrected chi connectivity index (χ0v) is 16.8. The van der Waals surface area contributed by atoms with Crippen LogP contribution in [0.1, 0.15) is 42.9 Å². The lowest BCUT2D eigenvalue weighted by Gasteiger charge is -2.15. The van der Waals surface area contributed by atoms with Crippen LogP contribution in [0.2, 0.25) is 0 Å². The number of methoxy groups -OCH3 is 1. The van der Waals surface area contributed by atoms with Gasteiger partial charge >= 0.3 is 5.97 Å². The van der Waals surface area contributed by atoms with Crippen molar-refractivity contribution in [1.82, 2.24) is 19.7 Å². The second kappa shape index (κ2) is 7.81. The molecule has 0 saturated heterocycles. The van der Waals surface area contributed by atoms with Gasteiger partial charge in [0.05, 0.1) is 30.1 Å². The van der Waals surface area contributed by atoms with E-state index in [4.69, 9.17) is 9.47 Å². The molecule has 25 heavy (non-hydrogen) atoms. The number of halogens is 1. The highest BCUT2D eigenvalue weighted by Crippen LogP contribution is 2.33. The Bertz CT molecular complexity index is 773. The summed E-state index contributed by atoms with van der Waals surface area (Å²) < 4.78 is 12.7. The fourth-order valence-corrected chi connectivity index (χ4v) is 3.15. The first-order valence-electron chi connectivity index (χ1n) is 7.86. The monoisotopic (exact) mass is 411 g/mol. The van der Waals surface area contributed by atoms with Crippen molar-refractivity contribution in [1.29, 1.82) is 0 Å². The van der Waals surface area contributed by atoms with Gasteiger partial charge in [-0.1, -0.05) is 13.8 Å². The van der Waals surface area contributed by atoms with E-state index in [0.717, 1.165) is 5.69 Å². The predicted octanol–water partition coefficient (Wildman–Crippen LogP) is 2.80. The fourth-order valence-electron chi connectivity index (χ4n) is 2.29. The molecule has 0 atom stereocenters. The van der Waals surface area contributed by atoms with E-state index in [-0.39, 0.29) is 18.2 Å². The number of hydrogen-bond donors (Lipinski definition) is 0. The van der Waals surface area contributed by atoms with Gasteiger partial charge in [0.25, 0.3) is 0 Å². The van der Waals surface area contributed by atoms with Crippen LogP contribution in [0.25, 0.3) is 5.69 Å². The highest BCUT2D eigenvalue weighted by atomic mass is 79.9. The topological polar surface area (TPSA) is 82.4 Å². The van der Waals surface area contributed by atoms with E-state index in [1.807, 2.05) is 27.9 Å². The molecule has 0 aliphatic rings. The summed E-state index contributed by atoms with van der Waals surface area (Å²) in [6.07, 6.45) is 1.63. The third-order valence-electron chi connectivity index (χ3n) is 3.42. The number of carbonyl (C=O) groups excluding carboxylic acids is 1. The maximum atomic E-state index is 12.2. The molecule has 0 aromatic carbocycles. The minimum absolute atomic E-state index is 0.0864. The molecule has 2 aromatic rings. The molecule has 0 spiro atoms. The van der Waals surface area contributed by atoms with Gasteiger partial charge in [0.15, 0.2) is 5.69 Å². The van der Waals surface area contributed by atoms with E-state index < -0.39 is 5.97 Å². The van der Waals surface area contributed by atoms with Crippen molar-refractivity contribution in [2.45, 2.75) is 26.7 Å². The molecule has 8 nitrogen and oxygen atoms in total. The molecule has 2 rings (SSSR count). The number of anilines is 1. The number of aromatic nitrogens is 4. The summed E-state index contributed by atoms with van der Waals surface area (Å²) in [4.78, 5) is 22.7. The Morgan fingerprint density at radius 3 is 2.60 bits per heavy atom. The number of ether oxygens (including phenoxy) is 2. The first-order chi connectivity index (χ1) is 11.8. The van der Waals surface area contributed by atoms with E-state index in [0.29, 0.717) is 22.0 Å². The quantitative estimate of drug-likeness (QED) is 0.675. The number of hydrogen-bond acceptors (Lipinski definition) is 7. The first kappa shape index (κ1) is 19.2. The minimum Gasteiger partial charge on any atom is -0.479 e. The van der Waals surface area contributed by atoms with Crippen LogP contribution in [0.15, 0.2) is 10.7 Å². The number of esters is 1. The SMILES string of the molecule is CCOC(=O)c1nn(-c2cnc(N(C)C)nc2OC)c(C(C)C)c1Br. The van der Waals surface area contributed by atoms with Gasteiger partial charge in [-0.2, -0.15) is 10.1 Å². The molecule has 0 aliphatic carbocycles. The third-order valence-corrected chi connectivity index (χ3v) is 4.20. The van der Waals surface area contributed by atoms with Crippen molar-refractivity contribution in [2.75, 3.05) is 32.7 Å². The van der Waals surface area contributed by atoms with E-state index in [2.05, 4.69) is 31.0 Å². The van der Waals surface area contributed by atoms with Crippen molar-refractivity contribution in [3.63, 3.8) is 0 Å². The molecular formula is C16H22BrN5O3. The maximum Gasteiger partial charge on any atom is 0.360 e. The molecule has 0 amide bonds. The highest BCUT2D eigenvalue weighted by molar-refractivity contribution is 9.10. The fraction of sp³-hybridized carbons (Fsp3) is 0.500. The Kier molecular flexibility index (Phi) is 5.99. The Balaban J connectivity index is 2.66. The lowest BCUT2D eigenvalue weighted by molar-refractivity contribution is 0.0518. The number of nitrogens with zero attached hydrogens (tertiary/aromatic N) is 5. The molecule has 9 heteroatoms. The molecular weight excluding hydrogens is 390 g/mol. The zero-order chi connectivity index (χ0) is 18.7. The van der Waals surface area contributed by atoms with Gasteiger partial charge in [-0.3, -0.25) is 0 Å². The van der Waals surface area contributed by atoms with Gasteiger partial charge in [-0.05, 0) is 28.8 Å². The first-order valence-corrected chi connectivity index (χ1v) is 8.65. The van der Waals surface area contributed by atoms with Crippen LogP contribution in [0.3, 0.4) is 0 Å². The number of rotatable bonds is 6. The van der Waals surface area contributed by atoms with E-state index in [9.17, 15) is 4.79 Å². The maximum absolute atomic E-state index is 12.2. The van der Waals surface area contributed by atoms with Crippen LogP contribution in [0, 0.1) is 0 Å². The van der Waals surface area contributed by atoms with Crippen molar-refractivity contribution in [3.8, 4) is 11.6 Å². The molecule has 136 valence electrons. The summed E-state index contributed by atoms with van der Waals surface area (Å²) in [7, 11) is 5.22. The molecule has 0 radical (unpaired) electrons. The van der Waals surface area contributed by atoms with Crippen LogP contribution in [-0.4, -0.2) is 53.5 Å². The molecule has 0 aliphatic heterocycles. The van der Waals surface area contributed by atoms with Crippen LogP contribution >= 0.6 is 15.9 Å². The van der Waals surface area contributed by atoms with E-state index in [1.54, 1.807) is 22.7 Å². The molecule has 0 unspecified atom stereocenters. The van der Waals surface area contributed by atoms with Gasteiger partial charge in [0.2, 0.25) is 11.8 Å². The molecule has 0 bridgehead atoms. The standard InChI is InChI=1S/C16H22BrN5O3/c1-7-25-15(23)12-11(17)13(9(2)3)22(20-12)10-8-18-16(21(4)5)19-14(10)24-6/h8-9H,7H2,1-6H3. The molecule has 0 fully saturated rings. The normalized spacial score (nSPS) is 10.9. The van der Waals surface area contributed by atoms with E-state index in [1.165, 1.54) is 7.11 Å². The van der Waals surface area contributed by atoms with Gasteiger partial charge in [0.1, 0.15) is 5.69 Å². The Hall–Kier alpha value is -2.16. The Morgan fingerprint density at radius 2 is 2.08 bits per heavy atom. The Morgan fingerprint density at radius 1 is 1.40 bits per heavy atom. The van der Waals surface area contributed by atoms with Crippen LogP contribution in [-0.2, 0) is 4.74 Å². The predicted molar refractivity (Wildman–Crippen MR) is 97.8 cm³/mol. The van der Waals surface area contributed by atoms with E-state index >= 15 is 0 Å². The van der Waals surface area contributed by atoms with Gasteiger partial charge < -0.3 is 14.4 Å². The van der Waals surface area contributed by atoms with Crippen molar-refractivity contribution < 1.29 is 14.3 Å². The van der Waals surface area contributed by atoms with Crippen LogP contribution < -0.4 is 9.64 Å².